The van der Waals surface area contributed by atoms with Crippen LogP contribution in [0.3, 0.4) is 0 Å². The molecule has 2 rings (SSSR count). The fraction of sp³-hybridized carbons (Fsp3) is 0.231. The zero-order chi connectivity index (χ0) is 14.8. The summed E-state index contributed by atoms with van der Waals surface area (Å²) in [5, 5.41) is 6.15. The van der Waals surface area contributed by atoms with Gasteiger partial charge in [0.1, 0.15) is 11.5 Å². The number of halogens is 3. The predicted octanol–water partition coefficient (Wildman–Crippen LogP) is 2.93. The molecular formula is C13H11F3N2O2. The van der Waals surface area contributed by atoms with E-state index in [1.807, 2.05) is 0 Å². The van der Waals surface area contributed by atoms with Gasteiger partial charge in [0.2, 0.25) is 0 Å². The zero-order valence-corrected chi connectivity index (χ0v) is 10.5. The Labute approximate surface area is 112 Å². The van der Waals surface area contributed by atoms with Crippen molar-refractivity contribution in [3.63, 3.8) is 0 Å². The zero-order valence-electron chi connectivity index (χ0n) is 10.5. The van der Waals surface area contributed by atoms with Gasteiger partial charge >= 0.3 is 6.18 Å². The molecule has 0 aliphatic carbocycles. The third-order valence-corrected chi connectivity index (χ3v) is 2.56. The standard InChI is InChI=1S/C13H11F3N2O2/c1-8-5-11(18-20-8)7-17-12(19)9-3-2-4-10(6-9)13(14,15)16/h2-6H,7H2,1H3,(H,17,19). The van der Waals surface area contributed by atoms with Crippen LogP contribution in [0, 0.1) is 6.92 Å². The number of hydrogen-bond donors (Lipinski definition) is 1. The number of rotatable bonds is 3. The molecule has 1 N–H and O–H groups in total. The van der Waals surface area contributed by atoms with Gasteiger partial charge in [0.15, 0.2) is 0 Å². The van der Waals surface area contributed by atoms with E-state index in [2.05, 4.69) is 10.5 Å². The van der Waals surface area contributed by atoms with E-state index in [1.54, 1.807) is 13.0 Å². The van der Waals surface area contributed by atoms with E-state index < -0.39 is 17.6 Å². The summed E-state index contributed by atoms with van der Waals surface area (Å²) in [7, 11) is 0. The monoisotopic (exact) mass is 284 g/mol. The maximum Gasteiger partial charge on any atom is 0.416 e. The maximum atomic E-state index is 12.5. The molecule has 20 heavy (non-hydrogen) atoms. The molecule has 0 saturated heterocycles. The lowest BCUT2D eigenvalue weighted by molar-refractivity contribution is -0.137. The SMILES string of the molecule is Cc1cc(CNC(=O)c2cccc(C(F)(F)F)c2)no1. The van der Waals surface area contributed by atoms with E-state index in [0.717, 1.165) is 12.1 Å². The molecule has 0 aliphatic heterocycles. The van der Waals surface area contributed by atoms with Gasteiger partial charge in [-0.15, -0.1) is 0 Å². The quantitative estimate of drug-likeness (QED) is 0.942. The summed E-state index contributed by atoms with van der Waals surface area (Å²) in [5.74, 6) is -0.00919. The van der Waals surface area contributed by atoms with Gasteiger partial charge < -0.3 is 9.84 Å². The van der Waals surface area contributed by atoms with Crippen LogP contribution in [0.15, 0.2) is 34.9 Å². The summed E-state index contributed by atoms with van der Waals surface area (Å²) in [4.78, 5) is 11.8. The lowest BCUT2D eigenvalue weighted by Gasteiger charge is -2.08. The van der Waals surface area contributed by atoms with Crippen LogP contribution in [0.5, 0.6) is 0 Å². The van der Waals surface area contributed by atoms with Gasteiger partial charge in [0.05, 0.1) is 12.1 Å². The first-order valence-corrected chi connectivity index (χ1v) is 5.74. The second-order valence-electron chi connectivity index (χ2n) is 4.19. The Bertz CT molecular complexity index is 620. The van der Waals surface area contributed by atoms with Crippen LogP contribution in [-0.2, 0) is 12.7 Å². The van der Waals surface area contributed by atoms with Crippen LogP contribution in [0.4, 0.5) is 13.2 Å². The lowest BCUT2D eigenvalue weighted by atomic mass is 10.1. The van der Waals surface area contributed by atoms with Crippen LogP contribution in [0.25, 0.3) is 0 Å². The minimum atomic E-state index is -4.47. The van der Waals surface area contributed by atoms with E-state index in [4.69, 9.17) is 4.52 Å². The third kappa shape index (κ3) is 3.37. The van der Waals surface area contributed by atoms with E-state index in [9.17, 15) is 18.0 Å². The molecule has 0 aliphatic rings. The van der Waals surface area contributed by atoms with Crippen LogP contribution in [0.1, 0.15) is 27.4 Å². The van der Waals surface area contributed by atoms with Crippen molar-refractivity contribution in [2.45, 2.75) is 19.6 Å². The van der Waals surface area contributed by atoms with Crippen LogP contribution < -0.4 is 5.32 Å². The van der Waals surface area contributed by atoms with Crippen molar-refractivity contribution < 1.29 is 22.5 Å². The molecule has 1 aromatic carbocycles. The molecular weight excluding hydrogens is 273 g/mol. The fourth-order valence-corrected chi connectivity index (χ4v) is 1.61. The summed E-state index contributed by atoms with van der Waals surface area (Å²) >= 11 is 0. The minimum Gasteiger partial charge on any atom is -0.361 e. The van der Waals surface area contributed by atoms with Crippen molar-refractivity contribution in [3.05, 3.63) is 52.9 Å². The number of carbonyl (C=O) groups is 1. The van der Waals surface area contributed by atoms with Crippen LogP contribution in [-0.4, -0.2) is 11.1 Å². The van der Waals surface area contributed by atoms with Crippen molar-refractivity contribution in [3.8, 4) is 0 Å². The number of alkyl halides is 3. The topological polar surface area (TPSA) is 55.1 Å². The first-order chi connectivity index (χ1) is 9.36. The van der Waals surface area contributed by atoms with Gasteiger partial charge in [-0.25, -0.2) is 0 Å². The number of aromatic nitrogens is 1. The highest BCUT2D eigenvalue weighted by atomic mass is 19.4. The molecule has 2 aromatic rings. The summed E-state index contributed by atoms with van der Waals surface area (Å²) in [6.07, 6.45) is -4.47. The number of benzene rings is 1. The Morgan fingerprint density at radius 1 is 1.35 bits per heavy atom. The molecule has 0 unspecified atom stereocenters. The third-order valence-electron chi connectivity index (χ3n) is 2.56. The first-order valence-electron chi connectivity index (χ1n) is 5.74. The van der Waals surface area contributed by atoms with Crippen molar-refractivity contribution >= 4 is 5.91 Å². The van der Waals surface area contributed by atoms with Gasteiger partial charge in [-0.2, -0.15) is 13.2 Å². The summed E-state index contributed by atoms with van der Waals surface area (Å²) in [6, 6.07) is 5.87. The summed E-state index contributed by atoms with van der Waals surface area (Å²) in [5.41, 5.74) is -0.412. The fourth-order valence-electron chi connectivity index (χ4n) is 1.61. The normalized spacial score (nSPS) is 11.4. The number of aryl methyl sites for hydroxylation is 1. The second kappa shape index (κ2) is 5.36. The largest absolute Gasteiger partial charge is 0.416 e. The minimum absolute atomic E-state index is 0.0555. The van der Waals surface area contributed by atoms with E-state index in [-0.39, 0.29) is 12.1 Å². The second-order valence-corrected chi connectivity index (χ2v) is 4.19. The molecule has 1 heterocycles. The number of amides is 1. The Hall–Kier alpha value is -2.31. The molecule has 0 spiro atoms. The van der Waals surface area contributed by atoms with Gasteiger partial charge in [-0.3, -0.25) is 4.79 Å². The molecule has 106 valence electrons. The maximum absolute atomic E-state index is 12.5. The highest BCUT2D eigenvalue weighted by Gasteiger charge is 2.30. The van der Waals surface area contributed by atoms with Gasteiger partial charge in [0.25, 0.3) is 5.91 Å². The van der Waals surface area contributed by atoms with Crippen molar-refractivity contribution in [1.82, 2.24) is 10.5 Å². The Balaban J connectivity index is 2.06. The highest BCUT2D eigenvalue weighted by Crippen LogP contribution is 2.29. The average molecular weight is 284 g/mol. The Morgan fingerprint density at radius 2 is 2.10 bits per heavy atom. The lowest BCUT2D eigenvalue weighted by Crippen LogP contribution is -2.23. The predicted molar refractivity (Wildman–Crippen MR) is 63.9 cm³/mol. The number of carbonyl (C=O) groups excluding carboxylic acids is 1. The first kappa shape index (κ1) is 14.1. The Kier molecular flexibility index (Phi) is 3.78. The number of hydrogen-bond acceptors (Lipinski definition) is 3. The van der Waals surface area contributed by atoms with Crippen LogP contribution in [0.2, 0.25) is 0 Å². The molecule has 0 saturated carbocycles. The molecule has 0 fully saturated rings. The van der Waals surface area contributed by atoms with Gasteiger partial charge in [-0.1, -0.05) is 11.2 Å². The molecule has 0 radical (unpaired) electrons. The smallest absolute Gasteiger partial charge is 0.361 e. The summed E-state index contributed by atoms with van der Waals surface area (Å²) in [6.45, 7) is 1.79. The molecule has 1 aromatic heterocycles. The molecule has 7 heteroatoms. The molecule has 0 bridgehead atoms. The van der Waals surface area contributed by atoms with E-state index in [0.29, 0.717) is 11.5 Å². The number of nitrogens with one attached hydrogen (secondary N) is 1. The van der Waals surface area contributed by atoms with Crippen molar-refractivity contribution in [2.75, 3.05) is 0 Å². The van der Waals surface area contributed by atoms with Crippen molar-refractivity contribution in [2.24, 2.45) is 0 Å². The van der Waals surface area contributed by atoms with E-state index >= 15 is 0 Å². The molecule has 0 atom stereocenters. The van der Waals surface area contributed by atoms with Gasteiger partial charge in [0, 0.05) is 11.6 Å². The highest BCUT2D eigenvalue weighted by molar-refractivity contribution is 5.94. The van der Waals surface area contributed by atoms with Crippen molar-refractivity contribution in [1.29, 1.82) is 0 Å². The van der Waals surface area contributed by atoms with E-state index in [1.165, 1.54) is 12.1 Å². The average Bonchev–Trinajstić information content (AvgIpc) is 2.81. The molecule has 4 nitrogen and oxygen atoms in total. The van der Waals surface area contributed by atoms with Crippen LogP contribution >= 0.6 is 0 Å². The molecule has 1 amide bonds. The Morgan fingerprint density at radius 3 is 2.70 bits per heavy atom. The van der Waals surface area contributed by atoms with Gasteiger partial charge in [-0.05, 0) is 25.1 Å². The number of nitrogens with zero attached hydrogens (tertiary/aromatic N) is 1. The summed E-state index contributed by atoms with van der Waals surface area (Å²) < 4.78 is 42.4.